The fourth-order valence-corrected chi connectivity index (χ4v) is 3.18. The molecular weight excluding hydrogens is 383 g/mol. The Kier molecular flexibility index (Phi) is 6.30. The van der Waals surface area contributed by atoms with Crippen molar-refractivity contribution in [2.24, 2.45) is 0 Å². The van der Waals surface area contributed by atoms with Gasteiger partial charge in [0.15, 0.2) is 23.5 Å². The fourth-order valence-electron chi connectivity index (χ4n) is 2.41. The molecule has 0 spiro atoms. The summed E-state index contributed by atoms with van der Waals surface area (Å²) in [5, 5.41) is 7.70. The molecule has 0 saturated heterocycles. The fraction of sp³-hybridized carbons (Fsp3) is 0.250. The van der Waals surface area contributed by atoms with Gasteiger partial charge in [0, 0.05) is 5.56 Å². The summed E-state index contributed by atoms with van der Waals surface area (Å²) in [6, 6.07) is 13.0. The molecule has 28 heavy (non-hydrogen) atoms. The molecule has 0 aliphatic heterocycles. The summed E-state index contributed by atoms with van der Waals surface area (Å²) in [4.78, 5) is 12.6. The molecule has 2 aromatic carbocycles. The molecule has 6 nitrogen and oxygen atoms in total. The number of Topliss-reactive ketones (excluding diaryl/α,β-unsaturated/α-hetero) is 1. The standard InChI is InChI=1S/C20H19FN2O4S/c1-12(26-17-7-5-4-6-16(17)21)19-22-23-20(27-19)28-13(2)18(24)14-8-10-15(25-3)11-9-14/h4-13H,1-3H3/t12-,13+/m1/s1. The van der Waals surface area contributed by atoms with E-state index >= 15 is 0 Å². The lowest BCUT2D eigenvalue weighted by molar-refractivity contribution is 0.0993. The molecule has 0 aliphatic carbocycles. The Morgan fingerprint density at radius 3 is 2.50 bits per heavy atom. The minimum absolute atomic E-state index is 0.0666. The molecule has 0 radical (unpaired) electrons. The van der Waals surface area contributed by atoms with Crippen molar-refractivity contribution in [3.05, 3.63) is 65.8 Å². The van der Waals surface area contributed by atoms with E-state index in [0.717, 1.165) is 11.8 Å². The van der Waals surface area contributed by atoms with E-state index in [0.29, 0.717) is 11.3 Å². The molecule has 3 rings (SSSR count). The average molecular weight is 402 g/mol. The normalized spacial score (nSPS) is 13.0. The van der Waals surface area contributed by atoms with Crippen LogP contribution in [-0.2, 0) is 0 Å². The minimum atomic E-state index is -0.633. The van der Waals surface area contributed by atoms with Crippen molar-refractivity contribution < 1.29 is 23.1 Å². The first kappa shape index (κ1) is 19.9. The molecule has 1 heterocycles. The number of nitrogens with zero attached hydrogens (tertiary/aromatic N) is 2. The molecule has 8 heteroatoms. The van der Waals surface area contributed by atoms with E-state index < -0.39 is 17.2 Å². The SMILES string of the molecule is COc1ccc(C(=O)[C@H](C)Sc2nnc([C@@H](C)Oc3ccccc3F)o2)cc1. The number of para-hydroxylation sites is 1. The van der Waals surface area contributed by atoms with Crippen molar-refractivity contribution in [1.82, 2.24) is 10.2 Å². The van der Waals surface area contributed by atoms with Crippen LogP contribution in [-0.4, -0.2) is 28.3 Å². The van der Waals surface area contributed by atoms with Crippen LogP contribution in [0.4, 0.5) is 4.39 Å². The van der Waals surface area contributed by atoms with Gasteiger partial charge in [-0.3, -0.25) is 4.79 Å². The second-order valence-electron chi connectivity index (χ2n) is 5.95. The topological polar surface area (TPSA) is 74.5 Å². The van der Waals surface area contributed by atoms with Crippen LogP contribution in [0.3, 0.4) is 0 Å². The summed E-state index contributed by atoms with van der Waals surface area (Å²) in [6.07, 6.45) is -0.633. The average Bonchev–Trinajstić information content (AvgIpc) is 3.18. The maximum Gasteiger partial charge on any atom is 0.277 e. The van der Waals surface area contributed by atoms with E-state index in [1.165, 1.54) is 12.1 Å². The highest BCUT2D eigenvalue weighted by molar-refractivity contribution is 8.00. The molecule has 0 N–H and O–H groups in total. The molecule has 0 amide bonds. The molecule has 0 saturated carbocycles. The van der Waals surface area contributed by atoms with Crippen LogP contribution in [0.25, 0.3) is 0 Å². The van der Waals surface area contributed by atoms with Gasteiger partial charge in [0.25, 0.3) is 11.1 Å². The number of hydrogen-bond acceptors (Lipinski definition) is 7. The van der Waals surface area contributed by atoms with Crippen LogP contribution in [0.1, 0.15) is 36.2 Å². The van der Waals surface area contributed by atoms with Gasteiger partial charge in [0.05, 0.1) is 12.4 Å². The number of rotatable bonds is 8. The van der Waals surface area contributed by atoms with Crippen LogP contribution in [0.2, 0.25) is 0 Å². The predicted octanol–water partition coefficient (Wildman–Crippen LogP) is 4.72. The summed E-state index contributed by atoms with van der Waals surface area (Å²) in [5.41, 5.74) is 0.566. The van der Waals surface area contributed by atoms with Crippen LogP contribution >= 0.6 is 11.8 Å². The van der Waals surface area contributed by atoms with E-state index in [1.807, 2.05) is 0 Å². The van der Waals surface area contributed by atoms with Crippen molar-refractivity contribution in [2.45, 2.75) is 30.4 Å². The monoisotopic (exact) mass is 402 g/mol. The number of thioether (sulfide) groups is 1. The number of carbonyl (C=O) groups is 1. The third kappa shape index (κ3) is 4.69. The van der Waals surface area contributed by atoms with Crippen molar-refractivity contribution in [3.8, 4) is 11.5 Å². The number of carbonyl (C=O) groups excluding carboxylic acids is 1. The Morgan fingerprint density at radius 2 is 1.82 bits per heavy atom. The second kappa shape index (κ2) is 8.88. The molecule has 0 aliphatic rings. The van der Waals surface area contributed by atoms with Crippen molar-refractivity contribution in [3.63, 3.8) is 0 Å². The first-order chi connectivity index (χ1) is 13.5. The third-order valence-electron chi connectivity index (χ3n) is 3.93. The zero-order valence-corrected chi connectivity index (χ0v) is 16.4. The number of hydrogen-bond donors (Lipinski definition) is 0. The largest absolute Gasteiger partial charge is 0.497 e. The van der Waals surface area contributed by atoms with Gasteiger partial charge < -0.3 is 13.9 Å². The van der Waals surface area contributed by atoms with Gasteiger partial charge in [-0.25, -0.2) is 4.39 Å². The van der Waals surface area contributed by atoms with E-state index in [4.69, 9.17) is 13.9 Å². The van der Waals surface area contributed by atoms with E-state index in [1.54, 1.807) is 57.4 Å². The number of benzene rings is 2. The summed E-state index contributed by atoms with van der Waals surface area (Å²) < 4.78 is 29.9. The summed E-state index contributed by atoms with van der Waals surface area (Å²) in [5.74, 6) is 0.452. The van der Waals surface area contributed by atoms with Crippen molar-refractivity contribution >= 4 is 17.5 Å². The first-order valence-corrected chi connectivity index (χ1v) is 9.45. The van der Waals surface area contributed by atoms with Gasteiger partial charge in [0.2, 0.25) is 0 Å². The van der Waals surface area contributed by atoms with Gasteiger partial charge in [0.1, 0.15) is 5.75 Å². The Hall–Kier alpha value is -2.87. The minimum Gasteiger partial charge on any atom is -0.497 e. The van der Waals surface area contributed by atoms with Crippen LogP contribution in [0.15, 0.2) is 58.2 Å². The summed E-state index contributed by atoms with van der Waals surface area (Å²) in [6.45, 7) is 3.45. The number of aromatic nitrogens is 2. The Morgan fingerprint density at radius 1 is 1.11 bits per heavy atom. The summed E-state index contributed by atoms with van der Waals surface area (Å²) >= 11 is 1.15. The first-order valence-electron chi connectivity index (χ1n) is 8.57. The molecule has 1 aromatic heterocycles. The smallest absolute Gasteiger partial charge is 0.277 e. The Bertz CT molecular complexity index is 945. The van der Waals surface area contributed by atoms with Gasteiger partial charge in [-0.15, -0.1) is 10.2 Å². The van der Waals surface area contributed by atoms with E-state index in [9.17, 15) is 9.18 Å². The molecule has 0 unspecified atom stereocenters. The molecule has 0 fully saturated rings. The Labute approximate surface area is 166 Å². The number of halogens is 1. The van der Waals surface area contributed by atoms with Gasteiger partial charge in [-0.1, -0.05) is 23.9 Å². The molecule has 0 bridgehead atoms. The lowest BCUT2D eigenvalue weighted by Crippen LogP contribution is -2.13. The van der Waals surface area contributed by atoms with Crippen LogP contribution < -0.4 is 9.47 Å². The number of methoxy groups -OCH3 is 1. The van der Waals surface area contributed by atoms with E-state index in [2.05, 4.69) is 10.2 Å². The third-order valence-corrected chi connectivity index (χ3v) is 4.87. The van der Waals surface area contributed by atoms with Crippen molar-refractivity contribution in [1.29, 1.82) is 0 Å². The zero-order chi connectivity index (χ0) is 20.1. The van der Waals surface area contributed by atoms with Gasteiger partial charge >= 0.3 is 0 Å². The van der Waals surface area contributed by atoms with Gasteiger partial charge in [-0.05, 0) is 50.2 Å². The molecule has 146 valence electrons. The molecule has 2 atom stereocenters. The lowest BCUT2D eigenvalue weighted by Gasteiger charge is -2.11. The maximum absolute atomic E-state index is 13.7. The predicted molar refractivity (Wildman–Crippen MR) is 102 cm³/mol. The highest BCUT2D eigenvalue weighted by Crippen LogP contribution is 2.28. The zero-order valence-electron chi connectivity index (χ0n) is 15.6. The maximum atomic E-state index is 13.7. The second-order valence-corrected chi connectivity index (χ2v) is 7.24. The molecule has 3 aromatic rings. The van der Waals surface area contributed by atoms with E-state index in [-0.39, 0.29) is 22.6 Å². The highest BCUT2D eigenvalue weighted by Gasteiger charge is 2.22. The van der Waals surface area contributed by atoms with Crippen molar-refractivity contribution in [2.75, 3.05) is 7.11 Å². The number of ketones is 1. The molecular formula is C20H19FN2O4S. The lowest BCUT2D eigenvalue weighted by atomic mass is 10.1. The quantitative estimate of drug-likeness (QED) is 0.399. The van der Waals surface area contributed by atoms with Gasteiger partial charge in [-0.2, -0.15) is 0 Å². The van der Waals surface area contributed by atoms with Crippen LogP contribution in [0.5, 0.6) is 11.5 Å². The van der Waals surface area contributed by atoms with Crippen LogP contribution in [0, 0.1) is 5.82 Å². The highest BCUT2D eigenvalue weighted by atomic mass is 32.2. The number of ether oxygens (including phenoxy) is 2. The Balaban J connectivity index is 1.63. The summed E-state index contributed by atoms with van der Waals surface area (Å²) in [7, 11) is 1.57.